The van der Waals surface area contributed by atoms with Crippen molar-refractivity contribution in [1.29, 1.82) is 0 Å². The highest BCUT2D eigenvalue weighted by atomic mass is 35.5. The summed E-state index contributed by atoms with van der Waals surface area (Å²) in [6.07, 6.45) is 2.43. The number of fused-ring (bicyclic) bond motifs is 1. The Morgan fingerprint density at radius 3 is 3.00 bits per heavy atom. The number of carbonyl (C=O) groups is 1. The van der Waals surface area contributed by atoms with Gasteiger partial charge in [-0.25, -0.2) is 0 Å². The van der Waals surface area contributed by atoms with Crippen LogP contribution in [0.2, 0.25) is 5.02 Å². The van der Waals surface area contributed by atoms with E-state index in [9.17, 15) is 4.79 Å². The maximum absolute atomic E-state index is 11.8. The predicted molar refractivity (Wildman–Crippen MR) is 60.7 cm³/mol. The molecule has 1 aliphatic carbocycles. The van der Waals surface area contributed by atoms with Crippen molar-refractivity contribution < 1.29 is 9.53 Å². The Morgan fingerprint density at radius 2 is 2.25 bits per heavy atom. The zero-order valence-electron chi connectivity index (χ0n) is 8.70. The fourth-order valence-electron chi connectivity index (χ4n) is 1.89. The third-order valence-corrected chi connectivity index (χ3v) is 3.15. The van der Waals surface area contributed by atoms with E-state index < -0.39 is 0 Å². The minimum atomic E-state index is -0.380. The molecule has 4 heteroatoms. The maximum Gasteiger partial charge on any atom is 0.261 e. The molecule has 1 aliphatic heterocycles. The normalized spacial score (nSPS) is 22.4. The van der Waals surface area contributed by atoms with E-state index in [1.54, 1.807) is 6.07 Å². The van der Waals surface area contributed by atoms with Crippen molar-refractivity contribution in [3.63, 3.8) is 0 Å². The Morgan fingerprint density at radius 1 is 1.44 bits per heavy atom. The third-order valence-electron chi connectivity index (χ3n) is 2.91. The van der Waals surface area contributed by atoms with Crippen molar-refractivity contribution >= 4 is 17.5 Å². The van der Waals surface area contributed by atoms with Crippen LogP contribution >= 0.6 is 11.6 Å². The average Bonchev–Trinajstić information content (AvgIpc) is 2.95. The van der Waals surface area contributed by atoms with E-state index in [1.807, 2.05) is 12.1 Å². The molecular weight excluding hydrogens is 226 g/mol. The summed E-state index contributed by atoms with van der Waals surface area (Å²) in [5.74, 6) is 0.773. The van der Waals surface area contributed by atoms with Crippen molar-refractivity contribution in [2.45, 2.75) is 31.4 Å². The molecule has 1 N–H and O–H groups in total. The highest BCUT2D eigenvalue weighted by Gasteiger charge is 2.32. The lowest BCUT2D eigenvalue weighted by molar-refractivity contribution is -0.127. The van der Waals surface area contributed by atoms with Gasteiger partial charge in [0.1, 0.15) is 5.75 Å². The zero-order valence-corrected chi connectivity index (χ0v) is 9.46. The molecule has 84 valence electrons. The molecule has 0 spiro atoms. The molecular formula is C12H12ClNO2. The van der Waals surface area contributed by atoms with E-state index in [1.165, 1.54) is 0 Å². The van der Waals surface area contributed by atoms with E-state index in [-0.39, 0.29) is 12.0 Å². The number of nitrogens with one attached hydrogen (secondary N) is 1. The second-order valence-corrected chi connectivity index (χ2v) is 4.78. The average molecular weight is 238 g/mol. The summed E-state index contributed by atoms with van der Waals surface area (Å²) in [7, 11) is 0. The third kappa shape index (κ3) is 1.87. The number of benzene rings is 1. The molecule has 0 bridgehead atoms. The molecule has 0 aromatic heterocycles. The second-order valence-electron chi connectivity index (χ2n) is 4.35. The van der Waals surface area contributed by atoms with Crippen LogP contribution in [0.25, 0.3) is 0 Å². The molecule has 0 radical (unpaired) electrons. The van der Waals surface area contributed by atoms with E-state index in [0.29, 0.717) is 17.5 Å². The summed E-state index contributed by atoms with van der Waals surface area (Å²) in [5.41, 5.74) is 1.02. The molecule has 0 unspecified atom stereocenters. The molecule has 1 amide bonds. The summed E-state index contributed by atoms with van der Waals surface area (Å²) < 4.78 is 5.58. The van der Waals surface area contributed by atoms with Crippen molar-refractivity contribution in [3.8, 4) is 5.75 Å². The number of ether oxygens (including phenoxy) is 1. The van der Waals surface area contributed by atoms with Crippen LogP contribution in [0.3, 0.4) is 0 Å². The first-order valence-electron chi connectivity index (χ1n) is 5.48. The molecule has 1 fully saturated rings. The summed E-state index contributed by atoms with van der Waals surface area (Å²) in [6, 6.07) is 5.84. The van der Waals surface area contributed by atoms with Crippen LogP contribution in [0, 0.1) is 0 Å². The highest BCUT2D eigenvalue weighted by Crippen LogP contribution is 2.31. The van der Waals surface area contributed by atoms with E-state index in [0.717, 1.165) is 24.2 Å². The summed E-state index contributed by atoms with van der Waals surface area (Å²) >= 11 is 5.89. The van der Waals surface area contributed by atoms with Gasteiger partial charge >= 0.3 is 0 Å². The maximum atomic E-state index is 11.8. The van der Waals surface area contributed by atoms with Gasteiger partial charge < -0.3 is 10.1 Å². The molecule has 1 saturated carbocycles. The van der Waals surface area contributed by atoms with Gasteiger partial charge in [-0.3, -0.25) is 4.79 Å². The predicted octanol–water partition coefficient (Wildman–Crippen LogP) is 1.92. The molecule has 1 aromatic carbocycles. The van der Waals surface area contributed by atoms with Crippen LogP contribution in [0.4, 0.5) is 0 Å². The van der Waals surface area contributed by atoms with Gasteiger partial charge in [-0.05, 0) is 36.6 Å². The smallest absolute Gasteiger partial charge is 0.261 e. The number of carbonyl (C=O) groups excluding carboxylic acids is 1. The number of hydrogen-bond acceptors (Lipinski definition) is 2. The zero-order chi connectivity index (χ0) is 11.1. The highest BCUT2D eigenvalue weighted by molar-refractivity contribution is 6.30. The Labute approximate surface area is 98.7 Å². The minimum Gasteiger partial charge on any atom is -0.480 e. The van der Waals surface area contributed by atoms with Crippen LogP contribution in [-0.4, -0.2) is 18.1 Å². The fraction of sp³-hybridized carbons (Fsp3) is 0.417. The largest absolute Gasteiger partial charge is 0.480 e. The monoisotopic (exact) mass is 237 g/mol. The van der Waals surface area contributed by atoms with Crippen molar-refractivity contribution in [1.82, 2.24) is 5.32 Å². The van der Waals surface area contributed by atoms with Crippen LogP contribution in [0.15, 0.2) is 18.2 Å². The van der Waals surface area contributed by atoms with E-state index in [2.05, 4.69) is 5.32 Å². The van der Waals surface area contributed by atoms with Gasteiger partial charge in [0.25, 0.3) is 5.91 Å². The Kier molecular flexibility index (Phi) is 2.28. The Balaban J connectivity index is 1.71. The summed E-state index contributed by atoms with van der Waals surface area (Å²) in [4.78, 5) is 11.8. The van der Waals surface area contributed by atoms with E-state index >= 15 is 0 Å². The topological polar surface area (TPSA) is 38.3 Å². The van der Waals surface area contributed by atoms with Gasteiger partial charge in [-0.15, -0.1) is 0 Å². The number of amides is 1. The molecule has 16 heavy (non-hydrogen) atoms. The molecule has 0 saturated heterocycles. The van der Waals surface area contributed by atoms with Crippen molar-refractivity contribution in [3.05, 3.63) is 28.8 Å². The van der Waals surface area contributed by atoms with Crippen LogP contribution < -0.4 is 10.1 Å². The van der Waals surface area contributed by atoms with Crippen LogP contribution in [0.1, 0.15) is 18.4 Å². The standard InChI is InChI=1S/C12H12ClNO2/c13-8-1-4-10-7(5-8)6-11(16-10)12(15)14-9-2-3-9/h1,4-5,9,11H,2-3,6H2,(H,14,15)/t11-/m1/s1. The lowest BCUT2D eigenvalue weighted by Gasteiger charge is -2.10. The minimum absolute atomic E-state index is 0.00479. The number of halogens is 1. The quantitative estimate of drug-likeness (QED) is 0.854. The SMILES string of the molecule is O=C(NC1CC1)[C@H]1Cc2cc(Cl)ccc2O1. The van der Waals surface area contributed by atoms with E-state index in [4.69, 9.17) is 16.3 Å². The summed E-state index contributed by atoms with van der Waals surface area (Å²) in [6.45, 7) is 0. The van der Waals surface area contributed by atoms with Crippen molar-refractivity contribution in [2.24, 2.45) is 0 Å². The molecule has 3 rings (SSSR count). The molecule has 1 heterocycles. The number of rotatable bonds is 2. The van der Waals surface area contributed by atoms with Gasteiger partial charge in [0.2, 0.25) is 0 Å². The fourth-order valence-corrected chi connectivity index (χ4v) is 2.08. The van der Waals surface area contributed by atoms with Crippen LogP contribution in [0.5, 0.6) is 5.75 Å². The molecule has 3 nitrogen and oxygen atoms in total. The van der Waals surface area contributed by atoms with Crippen LogP contribution in [-0.2, 0) is 11.2 Å². The van der Waals surface area contributed by atoms with Crippen molar-refractivity contribution in [2.75, 3.05) is 0 Å². The first-order valence-corrected chi connectivity index (χ1v) is 5.85. The molecule has 2 aliphatic rings. The first kappa shape index (κ1) is 9.97. The second kappa shape index (κ2) is 3.67. The van der Waals surface area contributed by atoms with Gasteiger partial charge in [0, 0.05) is 17.5 Å². The Hall–Kier alpha value is -1.22. The number of hydrogen-bond donors (Lipinski definition) is 1. The Bertz CT molecular complexity index is 443. The van der Waals surface area contributed by atoms with Gasteiger partial charge in [0.15, 0.2) is 6.10 Å². The van der Waals surface area contributed by atoms with Gasteiger partial charge in [-0.1, -0.05) is 11.6 Å². The first-order chi connectivity index (χ1) is 7.72. The summed E-state index contributed by atoms with van der Waals surface area (Å²) in [5, 5.41) is 3.63. The lowest BCUT2D eigenvalue weighted by atomic mass is 10.1. The lowest BCUT2D eigenvalue weighted by Crippen LogP contribution is -2.38. The van der Waals surface area contributed by atoms with Gasteiger partial charge in [0.05, 0.1) is 0 Å². The molecule has 1 atom stereocenters. The van der Waals surface area contributed by atoms with Gasteiger partial charge in [-0.2, -0.15) is 0 Å². The molecule has 1 aromatic rings.